The van der Waals surface area contributed by atoms with Crippen LogP contribution in [-0.4, -0.2) is 59.9 Å². The van der Waals surface area contributed by atoms with E-state index in [2.05, 4.69) is 5.32 Å². The highest BCUT2D eigenvalue weighted by molar-refractivity contribution is 5.98. The summed E-state index contributed by atoms with van der Waals surface area (Å²) in [5, 5.41) is 12.6. The first-order valence-corrected chi connectivity index (χ1v) is 8.95. The summed E-state index contributed by atoms with van der Waals surface area (Å²) >= 11 is 0. The predicted molar refractivity (Wildman–Crippen MR) is 92.6 cm³/mol. The molecule has 2 aliphatic heterocycles. The van der Waals surface area contributed by atoms with Gasteiger partial charge in [-0.05, 0) is 37.5 Å². The van der Waals surface area contributed by atoms with Gasteiger partial charge in [0, 0.05) is 43.9 Å². The Bertz CT molecular complexity index is 725. The van der Waals surface area contributed by atoms with Crippen LogP contribution < -0.4 is 10.2 Å². The molecule has 3 rings (SSSR count). The van der Waals surface area contributed by atoms with Crippen LogP contribution in [0.4, 0.5) is 23.7 Å². The molecule has 6 nitrogen and oxygen atoms in total. The van der Waals surface area contributed by atoms with E-state index >= 15 is 0 Å². The Labute approximate surface area is 154 Å². The Hall–Kier alpha value is -2.29. The summed E-state index contributed by atoms with van der Waals surface area (Å²) in [5.41, 5.74) is -1.88. The van der Waals surface area contributed by atoms with E-state index in [-0.39, 0.29) is 25.5 Å². The average Bonchev–Trinajstić information content (AvgIpc) is 2.84. The molecule has 0 aliphatic carbocycles. The van der Waals surface area contributed by atoms with Crippen molar-refractivity contribution >= 4 is 17.6 Å². The molecule has 2 heterocycles. The number of hydrogen-bond donors (Lipinski definition) is 2. The van der Waals surface area contributed by atoms with Crippen molar-refractivity contribution in [2.45, 2.75) is 37.5 Å². The molecule has 1 unspecified atom stereocenters. The van der Waals surface area contributed by atoms with Gasteiger partial charge in [0.25, 0.3) is 5.91 Å². The maximum atomic E-state index is 13.1. The van der Waals surface area contributed by atoms with E-state index in [9.17, 15) is 27.9 Å². The van der Waals surface area contributed by atoms with Crippen molar-refractivity contribution in [2.75, 3.05) is 31.1 Å². The molecule has 27 heavy (non-hydrogen) atoms. The van der Waals surface area contributed by atoms with Crippen LogP contribution in [0.1, 0.15) is 36.0 Å². The fraction of sp³-hybridized carbons (Fsp3) is 0.556. The summed E-state index contributed by atoms with van der Waals surface area (Å²) in [6, 6.07) is 6.28. The third-order valence-corrected chi connectivity index (χ3v) is 5.11. The quantitative estimate of drug-likeness (QED) is 0.822. The molecule has 1 aromatic rings. The maximum Gasteiger partial charge on any atom is 0.417 e. The number of anilines is 1. The van der Waals surface area contributed by atoms with Crippen molar-refractivity contribution in [1.29, 1.82) is 0 Å². The second-order valence-electron chi connectivity index (χ2n) is 6.96. The fourth-order valence-corrected chi connectivity index (χ4v) is 3.47. The molecule has 0 radical (unpaired) electrons. The van der Waals surface area contributed by atoms with Crippen molar-refractivity contribution < 1.29 is 27.9 Å². The highest BCUT2D eigenvalue weighted by Gasteiger charge is 2.53. The molecule has 2 N–H and O–H groups in total. The van der Waals surface area contributed by atoms with Gasteiger partial charge in [-0.1, -0.05) is 6.07 Å². The number of rotatable bonds is 2. The standard InChI is InChI=1S/C18H22F3N3O3/c19-18(20,21)17(27)6-2-9-23(11-7-17)15(25)13-4-1-5-14(12-13)24-10-3-8-22-16(24)26/h1,4-5,12,27H,2-3,6-11H2,(H,22,26). The lowest BCUT2D eigenvalue weighted by Gasteiger charge is -2.29. The number of nitrogens with one attached hydrogen (secondary N) is 1. The SMILES string of the molecule is O=C(c1cccc(N2CCCNC2=O)c1)N1CCCC(O)(C(F)(F)F)CC1. The van der Waals surface area contributed by atoms with Gasteiger partial charge in [-0.15, -0.1) is 0 Å². The van der Waals surface area contributed by atoms with E-state index in [0.717, 1.165) is 6.42 Å². The largest absolute Gasteiger partial charge is 0.417 e. The molecule has 0 saturated carbocycles. The summed E-state index contributed by atoms with van der Waals surface area (Å²) in [7, 11) is 0. The molecule has 2 aliphatic rings. The number of carbonyl (C=O) groups excluding carboxylic acids is 2. The van der Waals surface area contributed by atoms with Crippen LogP contribution in [0.25, 0.3) is 0 Å². The van der Waals surface area contributed by atoms with E-state index in [4.69, 9.17) is 0 Å². The number of likely N-dealkylation sites (tertiary alicyclic amines) is 1. The second-order valence-corrected chi connectivity index (χ2v) is 6.96. The Morgan fingerprint density at radius 1 is 1.15 bits per heavy atom. The number of nitrogens with zero attached hydrogens (tertiary/aromatic N) is 2. The van der Waals surface area contributed by atoms with E-state index in [1.165, 1.54) is 9.80 Å². The number of hydrogen-bond acceptors (Lipinski definition) is 3. The molecule has 3 amide bonds. The molecule has 1 atom stereocenters. The van der Waals surface area contributed by atoms with E-state index in [0.29, 0.717) is 24.3 Å². The van der Waals surface area contributed by atoms with Crippen LogP contribution in [0, 0.1) is 0 Å². The van der Waals surface area contributed by atoms with Crippen LogP contribution in [0.5, 0.6) is 0 Å². The first-order valence-electron chi connectivity index (χ1n) is 8.95. The average molecular weight is 385 g/mol. The molecule has 1 aromatic carbocycles. The maximum absolute atomic E-state index is 13.1. The topological polar surface area (TPSA) is 72.9 Å². The zero-order chi connectivity index (χ0) is 19.7. The van der Waals surface area contributed by atoms with Crippen LogP contribution >= 0.6 is 0 Å². The van der Waals surface area contributed by atoms with E-state index in [1.54, 1.807) is 24.3 Å². The van der Waals surface area contributed by atoms with Gasteiger partial charge in [-0.2, -0.15) is 13.2 Å². The number of aliphatic hydroxyl groups is 1. The zero-order valence-corrected chi connectivity index (χ0v) is 14.8. The first-order chi connectivity index (χ1) is 12.7. The summed E-state index contributed by atoms with van der Waals surface area (Å²) in [6.45, 7) is 1.10. The Morgan fingerprint density at radius 3 is 2.63 bits per heavy atom. The highest BCUT2D eigenvalue weighted by Crippen LogP contribution is 2.38. The van der Waals surface area contributed by atoms with Gasteiger partial charge < -0.3 is 15.3 Å². The van der Waals surface area contributed by atoms with E-state index in [1.807, 2.05) is 0 Å². The molecule has 0 spiro atoms. The van der Waals surface area contributed by atoms with Crippen molar-refractivity contribution in [2.24, 2.45) is 0 Å². The van der Waals surface area contributed by atoms with Crippen molar-refractivity contribution in [3.05, 3.63) is 29.8 Å². The van der Waals surface area contributed by atoms with Crippen LogP contribution in [0.2, 0.25) is 0 Å². The van der Waals surface area contributed by atoms with Gasteiger partial charge in [0.15, 0.2) is 5.60 Å². The number of alkyl halides is 3. The van der Waals surface area contributed by atoms with Gasteiger partial charge >= 0.3 is 12.2 Å². The third kappa shape index (κ3) is 4.02. The lowest BCUT2D eigenvalue weighted by Crippen LogP contribution is -2.46. The van der Waals surface area contributed by atoms with Crippen LogP contribution in [-0.2, 0) is 0 Å². The number of benzene rings is 1. The molecule has 0 aromatic heterocycles. The van der Waals surface area contributed by atoms with Crippen LogP contribution in [0.3, 0.4) is 0 Å². The van der Waals surface area contributed by atoms with Crippen LogP contribution in [0.15, 0.2) is 24.3 Å². The zero-order valence-electron chi connectivity index (χ0n) is 14.8. The first kappa shape index (κ1) is 19.5. The molecule has 9 heteroatoms. The van der Waals surface area contributed by atoms with Gasteiger partial charge in [-0.3, -0.25) is 9.69 Å². The lowest BCUT2D eigenvalue weighted by atomic mass is 9.94. The molecule has 2 fully saturated rings. The number of carbonyl (C=O) groups is 2. The van der Waals surface area contributed by atoms with E-state index < -0.39 is 30.5 Å². The number of halogens is 3. The minimum absolute atomic E-state index is 0.0654. The molecular weight excluding hydrogens is 363 g/mol. The predicted octanol–water partition coefficient (Wildman–Crippen LogP) is 2.53. The fourth-order valence-electron chi connectivity index (χ4n) is 3.47. The monoisotopic (exact) mass is 385 g/mol. The summed E-state index contributed by atoms with van der Waals surface area (Å²) in [5.74, 6) is -0.402. The summed E-state index contributed by atoms with van der Waals surface area (Å²) < 4.78 is 39.2. The number of urea groups is 1. The lowest BCUT2D eigenvalue weighted by molar-refractivity contribution is -0.263. The Morgan fingerprint density at radius 2 is 1.93 bits per heavy atom. The van der Waals surface area contributed by atoms with Gasteiger partial charge in [0.2, 0.25) is 0 Å². The van der Waals surface area contributed by atoms with Gasteiger partial charge in [0.1, 0.15) is 0 Å². The Kier molecular flexibility index (Phi) is 5.32. The third-order valence-electron chi connectivity index (χ3n) is 5.11. The molecule has 148 valence electrons. The second kappa shape index (κ2) is 7.38. The molecule has 0 bridgehead atoms. The van der Waals surface area contributed by atoms with Gasteiger partial charge in [-0.25, -0.2) is 4.79 Å². The summed E-state index contributed by atoms with van der Waals surface area (Å²) in [6.07, 6.45) is -4.83. The summed E-state index contributed by atoms with van der Waals surface area (Å²) in [4.78, 5) is 27.6. The Balaban J connectivity index is 1.74. The van der Waals surface area contributed by atoms with Gasteiger partial charge in [0.05, 0.1) is 0 Å². The normalized spacial score (nSPS) is 24.4. The minimum Gasteiger partial charge on any atom is -0.380 e. The number of amides is 3. The smallest absolute Gasteiger partial charge is 0.380 e. The van der Waals surface area contributed by atoms with Crippen molar-refractivity contribution in [1.82, 2.24) is 10.2 Å². The highest BCUT2D eigenvalue weighted by atomic mass is 19.4. The minimum atomic E-state index is -4.71. The molecular formula is C18H22F3N3O3. The van der Waals surface area contributed by atoms with Crippen molar-refractivity contribution in [3.63, 3.8) is 0 Å². The van der Waals surface area contributed by atoms with Crippen molar-refractivity contribution in [3.8, 4) is 0 Å². The molecule has 2 saturated heterocycles.